The normalized spacial score (nSPS) is 10.5. The molecule has 0 fully saturated rings. The zero-order chi connectivity index (χ0) is 25.9. The van der Waals surface area contributed by atoms with Gasteiger partial charge in [0.2, 0.25) is 5.82 Å². The number of furan rings is 1. The Kier molecular flexibility index (Phi) is 9.28. The summed E-state index contributed by atoms with van der Waals surface area (Å²) in [6, 6.07) is 9.47. The summed E-state index contributed by atoms with van der Waals surface area (Å²) in [7, 11) is 0. The minimum atomic E-state index is -0.696. The van der Waals surface area contributed by atoms with Crippen molar-refractivity contribution in [1.82, 2.24) is 15.3 Å². The fourth-order valence-electron chi connectivity index (χ4n) is 3.24. The average Bonchev–Trinajstić information content (AvgIpc) is 3.38. The van der Waals surface area contributed by atoms with E-state index in [0.717, 1.165) is 6.33 Å². The van der Waals surface area contributed by atoms with Crippen LogP contribution in [0.25, 0.3) is 0 Å². The van der Waals surface area contributed by atoms with Crippen LogP contribution < -0.4 is 15.0 Å². The standard InChI is InChI=1S/C23H25N5O8/c1-2-34-19(30)9-11-27(14-16-6-5-13-35-16)21-20(28(32)33)23(26-15-25-21)36-18-8-4-3-7-17(18)22(31)24-10-12-29/h3-8,13,15,29H,2,9-12,14H2,1H3,(H,24,31). The SMILES string of the molecule is CCOC(=O)CCN(Cc1ccco1)c1ncnc(Oc2ccccc2C(=O)NCCO)c1[N+](=O)[O-]. The van der Waals surface area contributed by atoms with Crippen LogP contribution in [-0.4, -0.2) is 58.2 Å². The molecular formula is C23H25N5O8. The highest BCUT2D eigenvalue weighted by atomic mass is 16.6. The molecule has 13 nitrogen and oxygen atoms in total. The van der Waals surface area contributed by atoms with Gasteiger partial charge in [-0.3, -0.25) is 19.7 Å². The van der Waals surface area contributed by atoms with Crippen molar-refractivity contribution in [2.45, 2.75) is 19.9 Å². The maximum atomic E-state index is 12.5. The maximum absolute atomic E-state index is 12.5. The molecule has 0 atom stereocenters. The van der Waals surface area contributed by atoms with Gasteiger partial charge in [0.15, 0.2) is 0 Å². The highest BCUT2D eigenvalue weighted by Gasteiger charge is 2.30. The quantitative estimate of drug-likeness (QED) is 0.201. The number of rotatable bonds is 13. The Labute approximate surface area is 205 Å². The molecule has 0 saturated carbocycles. The predicted molar refractivity (Wildman–Crippen MR) is 126 cm³/mol. The van der Waals surface area contributed by atoms with Gasteiger partial charge < -0.3 is 29.2 Å². The van der Waals surface area contributed by atoms with Crippen molar-refractivity contribution >= 4 is 23.4 Å². The lowest BCUT2D eigenvalue weighted by Crippen LogP contribution is -2.28. The summed E-state index contributed by atoms with van der Waals surface area (Å²) in [5.41, 5.74) is -0.464. The lowest BCUT2D eigenvalue weighted by atomic mass is 10.2. The number of benzene rings is 1. The number of anilines is 1. The summed E-state index contributed by atoms with van der Waals surface area (Å²) in [6.45, 7) is 1.76. The topological polar surface area (TPSA) is 170 Å². The number of esters is 1. The van der Waals surface area contributed by atoms with Crippen LogP contribution in [0.5, 0.6) is 11.6 Å². The monoisotopic (exact) mass is 499 g/mol. The molecule has 2 heterocycles. The Morgan fingerprint density at radius 2 is 2.03 bits per heavy atom. The van der Waals surface area contributed by atoms with E-state index >= 15 is 0 Å². The van der Waals surface area contributed by atoms with Crippen molar-refractivity contribution in [1.29, 1.82) is 0 Å². The summed E-state index contributed by atoms with van der Waals surface area (Å²) in [4.78, 5) is 45.4. The van der Waals surface area contributed by atoms with E-state index in [2.05, 4.69) is 15.3 Å². The van der Waals surface area contributed by atoms with E-state index in [9.17, 15) is 19.7 Å². The number of carbonyl (C=O) groups is 2. The third kappa shape index (κ3) is 6.76. The van der Waals surface area contributed by atoms with E-state index in [0.29, 0.717) is 5.76 Å². The number of hydrogen-bond donors (Lipinski definition) is 2. The number of aromatic nitrogens is 2. The molecule has 1 amide bonds. The van der Waals surface area contributed by atoms with E-state index in [1.54, 1.807) is 31.2 Å². The second-order valence-corrected chi connectivity index (χ2v) is 7.24. The minimum Gasteiger partial charge on any atom is -0.467 e. The van der Waals surface area contributed by atoms with E-state index in [1.165, 1.54) is 23.3 Å². The van der Waals surface area contributed by atoms with E-state index in [1.807, 2.05) is 0 Å². The van der Waals surface area contributed by atoms with Crippen LogP contribution in [0.1, 0.15) is 29.5 Å². The van der Waals surface area contributed by atoms with Crippen molar-refractivity contribution in [2.24, 2.45) is 0 Å². The Bertz CT molecular complexity index is 1190. The molecule has 0 aliphatic rings. The average molecular weight is 499 g/mol. The van der Waals surface area contributed by atoms with Gasteiger partial charge >= 0.3 is 17.5 Å². The summed E-state index contributed by atoms with van der Waals surface area (Å²) < 4.78 is 16.1. The molecule has 2 N–H and O–H groups in total. The molecule has 13 heteroatoms. The Hall–Kier alpha value is -4.52. The first-order valence-corrected chi connectivity index (χ1v) is 11.0. The molecule has 36 heavy (non-hydrogen) atoms. The van der Waals surface area contributed by atoms with Crippen molar-refractivity contribution in [3.63, 3.8) is 0 Å². The number of aliphatic hydroxyl groups excluding tert-OH is 1. The van der Waals surface area contributed by atoms with E-state index in [-0.39, 0.29) is 56.4 Å². The largest absolute Gasteiger partial charge is 0.467 e. The van der Waals surface area contributed by atoms with Crippen molar-refractivity contribution in [2.75, 3.05) is 31.2 Å². The highest BCUT2D eigenvalue weighted by Crippen LogP contribution is 2.37. The molecule has 1 aromatic carbocycles. The van der Waals surface area contributed by atoms with Gasteiger partial charge in [-0.15, -0.1) is 0 Å². The molecule has 0 aliphatic carbocycles. The van der Waals surface area contributed by atoms with E-state index < -0.39 is 28.4 Å². The Balaban J connectivity index is 1.98. The number of hydrogen-bond acceptors (Lipinski definition) is 11. The number of nitrogens with one attached hydrogen (secondary N) is 1. The molecule has 0 saturated heterocycles. The number of nitrogens with zero attached hydrogens (tertiary/aromatic N) is 4. The first-order valence-electron chi connectivity index (χ1n) is 11.0. The van der Waals surface area contributed by atoms with Gasteiger partial charge in [-0.25, -0.2) is 4.98 Å². The van der Waals surface area contributed by atoms with Crippen molar-refractivity contribution in [3.05, 3.63) is 70.4 Å². The van der Waals surface area contributed by atoms with Crippen LogP contribution in [0.4, 0.5) is 11.5 Å². The third-order valence-electron chi connectivity index (χ3n) is 4.81. The smallest absolute Gasteiger partial charge is 0.373 e. The fourth-order valence-corrected chi connectivity index (χ4v) is 3.24. The van der Waals surface area contributed by atoms with Gasteiger partial charge in [-0.05, 0) is 31.2 Å². The minimum absolute atomic E-state index is 0.0183. The molecule has 0 aliphatic heterocycles. The van der Waals surface area contributed by atoms with Crippen LogP contribution in [0.3, 0.4) is 0 Å². The summed E-state index contributed by atoms with van der Waals surface area (Å²) in [5, 5.41) is 23.6. The lowest BCUT2D eigenvalue weighted by Gasteiger charge is -2.22. The van der Waals surface area contributed by atoms with Gasteiger partial charge in [-0.2, -0.15) is 4.98 Å². The van der Waals surface area contributed by atoms with Crippen LogP contribution in [0, 0.1) is 10.1 Å². The van der Waals surface area contributed by atoms with Crippen LogP contribution in [-0.2, 0) is 16.1 Å². The van der Waals surface area contributed by atoms with Gasteiger partial charge in [-0.1, -0.05) is 12.1 Å². The van der Waals surface area contributed by atoms with Gasteiger partial charge in [0, 0.05) is 13.1 Å². The number of aliphatic hydroxyl groups is 1. The van der Waals surface area contributed by atoms with Crippen LogP contribution in [0.15, 0.2) is 53.4 Å². The second-order valence-electron chi connectivity index (χ2n) is 7.24. The number of nitro groups is 1. The maximum Gasteiger partial charge on any atom is 0.373 e. The number of ether oxygens (including phenoxy) is 2. The third-order valence-corrected chi connectivity index (χ3v) is 4.81. The van der Waals surface area contributed by atoms with Crippen LogP contribution >= 0.6 is 0 Å². The second kappa shape index (κ2) is 12.8. The molecule has 3 aromatic rings. The summed E-state index contributed by atoms with van der Waals surface area (Å²) in [6.07, 6.45) is 2.49. The fraction of sp³-hybridized carbons (Fsp3) is 0.304. The number of para-hydroxylation sites is 1. The Morgan fingerprint density at radius 3 is 2.72 bits per heavy atom. The molecular weight excluding hydrogens is 474 g/mol. The molecule has 3 rings (SSSR count). The molecule has 0 radical (unpaired) electrons. The van der Waals surface area contributed by atoms with Crippen molar-refractivity contribution in [3.8, 4) is 11.6 Å². The Morgan fingerprint density at radius 1 is 1.22 bits per heavy atom. The first kappa shape index (κ1) is 26.1. The lowest BCUT2D eigenvalue weighted by molar-refractivity contribution is -0.385. The van der Waals surface area contributed by atoms with E-state index in [4.69, 9.17) is 19.0 Å². The summed E-state index contributed by atoms with van der Waals surface area (Å²) >= 11 is 0. The van der Waals surface area contributed by atoms with Gasteiger partial charge in [0.05, 0.1) is 42.9 Å². The molecule has 0 unspecified atom stereocenters. The zero-order valence-corrected chi connectivity index (χ0v) is 19.5. The number of carbonyl (C=O) groups excluding carboxylic acids is 2. The number of amides is 1. The predicted octanol–water partition coefficient (Wildman–Crippen LogP) is 2.45. The highest BCUT2D eigenvalue weighted by molar-refractivity contribution is 5.97. The summed E-state index contributed by atoms with van der Waals surface area (Å²) in [5.74, 6) is -1.01. The molecule has 0 bridgehead atoms. The molecule has 190 valence electrons. The zero-order valence-electron chi connectivity index (χ0n) is 19.5. The van der Waals surface area contributed by atoms with Gasteiger partial charge in [0.1, 0.15) is 17.8 Å². The van der Waals surface area contributed by atoms with Gasteiger partial charge in [0.25, 0.3) is 5.91 Å². The first-order chi connectivity index (χ1) is 17.4. The molecule has 2 aromatic heterocycles. The molecule has 0 spiro atoms. The van der Waals surface area contributed by atoms with Crippen LogP contribution in [0.2, 0.25) is 0 Å². The van der Waals surface area contributed by atoms with Crippen molar-refractivity contribution < 1.29 is 33.5 Å².